The van der Waals surface area contributed by atoms with Crippen LogP contribution in [0.5, 0.6) is 0 Å². The lowest BCUT2D eigenvalue weighted by Crippen LogP contribution is -2.16. The molecular formula is C12H16Cl2FN5S. The number of halogens is 3. The molecule has 0 radical (unpaired) electrons. The Morgan fingerprint density at radius 1 is 1.43 bits per heavy atom. The van der Waals surface area contributed by atoms with Gasteiger partial charge in [0.25, 0.3) is 0 Å². The number of nitrogens with zero attached hydrogens (tertiary/aromatic N) is 4. The van der Waals surface area contributed by atoms with Crippen molar-refractivity contribution in [1.29, 1.82) is 0 Å². The minimum absolute atomic E-state index is 0. The second kappa shape index (κ2) is 9.19. The molecule has 0 fully saturated rings. The maximum absolute atomic E-state index is 13.5. The Bertz CT molecular complexity index is 546. The number of nitrogens with one attached hydrogen (secondary N) is 1. The first kappa shape index (κ1) is 18.2. The Labute approximate surface area is 138 Å². The van der Waals surface area contributed by atoms with E-state index in [-0.39, 0.29) is 18.2 Å². The highest BCUT2D eigenvalue weighted by Gasteiger charge is 2.06. The van der Waals surface area contributed by atoms with Crippen LogP contribution in [0.25, 0.3) is 0 Å². The van der Waals surface area contributed by atoms with Crippen LogP contribution in [0.4, 0.5) is 4.39 Å². The van der Waals surface area contributed by atoms with E-state index in [2.05, 4.69) is 20.8 Å². The quantitative estimate of drug-likeness (QED) is 0.613. The van der Waals surface area contributed by atoms with Gasteiger partial charge in [0.1, 0.15) is 5.82 Å². The van der Waals surface area contributed by atoms with Gasteiger partial charge in [-0.1, -0.05) is 29.4 Å². The summed E-state index contributed by atoms with van der Waals surface area (Å²) < 4.78 is 15.1. The lowest BCUT2D eigenvalue weighted by molar-refractivity contribution is 0.587. The zero-order chi connectivity index (χ0) is 14.4. The molecule has 0 unspecified atom stereocenters. The van der Waals surface area contributed by atoms with Crippen molar-refractivity contribution in [1.82, 2.24) is 25.5 Å². The van der Waals surface area contributed by atoms with Gasteiger partial charge in [-0.25, -0.2) is 9.07 Å². The van der Waals surface area contributed by atoms with Crippen LogP contribution < -0.4 is 5.32 Å². The van der Waals surface area contributed by atoms with Crippen molar-refractivity contribution in [3.63, 3.8) is 0 Å². The number of benzene rings is 1. The zero-order valence-corrected chi connectivity index (χ0v) is 13.8. The molecule has 0 spiro atoms. The molecule has 116 valence electrons. The summed E-state index contributed by atoms with van der Waals surface area (Å²) in [7, 11) is 1.81. The molecule has 1 aromatic heterocycles. The smallest absolute Gasteiger partial charge is 0.209 e. The van der Waals surface area contributed by atoms with Gasteiger partial charge in [0.05, 0.1) is 0 Å². The Hall–Kier alpha value is -0.890. The van der Waals surface area contributed by atoms with Crippen molar-refractivity contribution in [2.75, 3.05) is 12.3 Å². The average Bonchev–Trinajstić information content (AvgIpc) is 2.82. The SMILES string of the molecule is Cl.Cn1nnnc1SCCCNCc1c(F)cccc1Cl. The van der Waals surface area contributed by atoms with Gasteiger partial charge in [-0.2, -0.15) is 0 Å². The van der Waals surface area contributed by atoms with Gasteiger partial charge in [0.2, 0.25) is 5.16 Å². The van der Waals surface area contributed by atoms with Crippen molar-refractivity contribution >= 4 is 35.8 Å². The first-order valence-corrected chi connectivity index (χ1v) is 7.53. The summed E-state index contributed by atoms with van der Waals surface area (Å²) in [5, 5.41) is 15.6. The topological polar surface area (TPSA) is 55.6 Å². The molecule has 0 aliphatic heterocycles. The van der Waals surface area contributed by atoms with E-state index in [0.717, 1.165) is 23.9 Å². The zero-order valence-electron chi connectivity index (χ0n) is 11.4. The van der Waals surface area contributed by atoms with Crippen molar-refractivity contribution in [2.24, 2.45) is 7.05 Å². The molecule has 0 bridgehead atoms. The highest BCUT2D eigenvalue weighted by molar-refractivity contribution is 7.99. The molecule has 0 amide bonds. The summed E-state index contributed by atoms with van der Waals surface area (Å²) in [4.78, 5) is 0. The predicted octanol–water partition coefficient (Wildman–Crippen LogP) is 2.70. The molecule has 1 heterocycles. The van der Waals surface area contributed by atoms with Crippen LogP contribution in [0.3, 0.4) is 0 Å². The molecule has 1 N–H and O–H groups in total. The van der Waals surface area contributed by atoms with E-state index in [1.807, 2.05) is 0 Å². The average molecular weight is 352 g/mol. The van der Waals surface area contributed by atoms with Crippen molar-refractivity contribution < 1.29 is 4.39 Å². The van der Waals surface area contributed by atoms with Crippen LogP contribution in [-0.2, 0) is 13.6 Å². The summed E-state index contributed by atoms with van der Waals surface area (Å²) in [6.07, 6.45) is 0.934. The largest absolute Gasteiger partial charge is 0.312 e. The third-order valence-corrected chi connectivity index (χ3v) is 4.12. The van der Waals surface area contributed by atoms with Crippen LogP contribution in [0.2, 0.25) is 5.02 Å². The normalized spacial score (nSPS) is 10.4. The summed E-state index contributed by atoms with van der Waals surface area (Å²) in [5.41, 5.74) is 0.513. The molecule has 2 aromatic rings. The van der Waals surface area contributed by atoms with E-state index in [9.17, 15) is 4.39 Å². The van der Waals surface area contributed by atoms with E-state index in [1.54, 1.807) is 35.6 Å². The minimum atomic E-state index is -0.274. The number of hydrogen-bond acceptors (Lipinski definition) is 5. The van der Waals surface area contributed by atoms with Crippen LogP contribution >= 0.6 is 35.8 Å². The summed E-state index contributed by atoms with van der Waals surface area (Å²) in [5.74, 6) is 0.621. The van der Waals surface area contributed by atoms with Gasteiger partial charge in [0.15, 0.2) is 0 Å². The fourth-order valence-electron chi connectivity index (χ4n) is 1.62. The summed E-state index contributed by atoms with van der Waals surface area (Å²) in [6.45, 7) is 1.21. The van der Waals surface area contributed by atoms with Crippen LogP contribution in [0.15, 0.2) is 23.4 Å². The maximum Gasteiger partial charge on any atom is 0.209 e. The van der Waals surface area contributed by atoms with Gasteiger partial charge < -0.3 is 5.32 Å². The van der Waals surface area contributed by atoms with Crippen molar-refractivity contribution in [2.45, 2.75) is 18.1 Å². The lowest BCUT2D eigenvalue weighted by Gasteiger charge is -2.07. The number of aromatic nitrogens is 4. The highest BCUT2D eigenvalue weighted by Crippen LogP contribution is 2.18. The summed E-state index contributed by atoms with van der Waals surface area (Å²) in [6, 6.07) is 4.71. The minimum Gasteiger partial charge on any atom is -0.312 e. The Balaban J connectivity index is 0.00000220. The van der Waals surface area contributed by atoms with Crippen molar-refractivity contribution in [3.8, 4) is 0 Å². The van der Waals surface area contributed by atoms with E-state index >= 15 is 0 Å². The molecule has 5 nitrogen and oxygen atoms in total. The molecule has 21 heavy (non-hydrogen) atoms. The van der Waals surface area contributed by atoms with Gasteiger partial charge >= 0.3 is 0 Å². The lowest BCUT2D eigenvalue weighted by atomic mass is 10.2. The van der Waals surface area contributed by atoms with Crippen LogP contribution in [0.1, 0.15) is 12.0 Å². The molecule has 0 saturated heterocycles. The molecule has 1 aromatic carbocycles. The van der Waals surface area contributed by atoms with Gasteiger partial charge in [-0.3, -0.25) is 0 Å². The first-order chi connectivity index (χ1) is 9.68. The third kappa shape index (κ3) is 5.43. The number of tetrazole rings is 1. The molecule has 9 heteroatoms. The standard InChI is InChI=1S/C12H15ClFN5S.ClH/c1-19-12(16-17-18-19)20-7-3-6-15-8-9-10(13)4-2-5-11(9)14;/h2,4-5,15H,3,6-8H2,1H3;1H. The molecular weight excluding hydrogens is 336 g/mol. The number of hydrogen-bond donors (Lipinski definition) is 1. The Morgan fingerprint density at radius 3 is 2.90 bits per heavy atom. The van der Waals surface area contributed by atoms with E-state index in [4.69, 9.17) is 11.6 Å². The second-order valence-electron chi connectivity index (χ2n) is 4.16. The second-order valence-corrected chi connectivity index (χ2v) is 5.63. The van der Waals surface area contributed by atoms with E-state index in [1.165, 1.54) is 6.07 Å². The van der Waals surface area contributed by atoms with Crippen LogP contribution in [0, 0.1) is 5.82 Å². The van der Waals surface area contributed by atoms with Gasteiger partial charge in [-0.15, -0.1) is 17.5 Å². The maximum atomic E-state index is 13.5. The Kier molecular flexibility index (Phi) is 7.95. The van der Waals surface area contributed by atoms with E-state index < -0.39 is 0 Å². The fourth-order valence-corrected chi connectivity index (χ4v) is 2.64. The first-order valence-electron chi connectivity index (χ1n) is 6.17. The predicted molar refractivity (Wildman–Crippen MR) is 84.5 cm³/mol. The monoisotopic (exact) mass is 351 g/mol. The van der Waals surface area contributed by atoms with Gasteiger partial charge in [0, 0.05) is 29.9 Å². The molecule has 0 aliphatic rings. The third-order valence-electron chi connectivity index (χ3n) is 2.67. The number of rotatable bonds is 7. The van der Waals surface area contributed by atoms with E-state index in [0.29, 0.717) is 17.1 Å². The Morgan fingerprint density at radius 2 is 2.24 bits per heavy atom. The van der Waals surface area contributed by atoms with Gasteiger partial charge in [-0.05, 0) is 35.5 Å². The molecule has 2 rings (SSSR count). The molecule has 0 aliphatic carbocycles. The number of aryl methyl sites for hydroxylation is 1. The summed E-state index contributed by atoms with van der Waals surface area (Å²) >= 11 is 7.54. The molecule has 0 saturated carbocycles. The van der Waals surface area contributed by atoms with Crippen molar-refractivity contribution in [3.05, 3.63) is 34.6 Å². The molecule has 0 atom stereocenters. The highest BCUT2D eigenvalue weighted by atomic mass is 35.5. The van der Waals surface area contributed by atoms with Crippen LogP contribution in [-0.4, -0.2) is 32.5 Å². The fraction of sp³-hybridized carbons (Fsp3) is 0.417. The number of thioether (sulfide) groups is 1.